The van der Waals surface area contributed by atoms with Crippen LogP contribution >= 0.6 is 15.9 Å². The van der Waals surface area contributed by atoms with Crippen molar-refractivity contribution >= 4 is 38.5 Å². The van der Waals surface area contributed by atoms with E-state index in [0.717, 1.165) is 18.6 Å². The summed E-state index contributed by atoms with van der Waals surface area (Å²) in [6.07, 6.45) is -3.78. The van der Waals surface area contributed by atoms with Crippen LogP contribution in [0.25, 0.3) is 11.0 Å². The van der Waals surface area contributed by atoms with Crippen molar-refractivity contribution in [3.05, 3.63) is 104 Å². The van der Waals surface area contributed by atoms with Gasteiger partial charge >= 0.3 is 6.18 Å². The van der Waals surface area contributed by atoms with Gasteiger partial charge in [-0.2, -0.15) is 13.2 Å². The smallest absolute Gasteiger partial charge is 0.416 e. The zero-order valence-electron chi connectivity index (χ0n) is 20.5. The number of benzene rings is 3. The zero-order valence-corrected chi connectivity index (χ0v) is 22.1. The van der Waals surface area contributed by atoms with Crippen molar-refractivity contribution in [3.8, 4) is 5.75 Å². The molecule has 3 aromatic carbocycles. The van der Waals surface area contributed by atoms with Crippen LogP contribution in [-0.4, -0.2) is 12.5 Å². The van der Waals surface area contributed by atoms with Crippen molar-refractivity contribution in [3.63, 3.8) is 0 Å². The molecule has 9 heteroatoms. The van der Waals surface area contributed by atoms with Crippen molar-refractivity contribution in [1.82, 2.24) is 0 Å². The summed E-state index contributed by atoms with van der Waals surface area (Å²) in [5.41, 5.74) is -0.550. The Balaban J connectivity index is 1.70. The number of hydrogen-bond donors (Lipinski definition) is 0. The van der Waals surface area contributed by atoms with Gasteiger partial charge in [0.1, 0.15) is 11.3 Å². The predicted octanol–water partition coefficient (Wildman–Crippen LogP) is 7.75. The maximum Gasteiger partial charge on any atom is 0.416 e. The molecule has 1 aliphatic rings. The average molecular weight is 586 g/mol. The third-order valence-corrected chi connectivity index (χ3v) is 6.91. The van der Waals surface area contributed by atoms with Gasteiger partial charge in [-0.15, -0.1) is 0 Å². The highest BCUT2D eigenvalue weighted by atomic mass is 79.9. The Morgan fingerprint density at radius 3 is 2.53 bits per heavy atom. The highest BCUT2D eigenvalue weighted by Crippen LogP contribution is 2.43. The van der Waals surface area contributed by atoms with Gasteiger partial charge in [0, 0.05) is 10.2 Å². The van der Waals surface area contributed by atoms with E-state index < -0.39 is 29.1 Å². The quantitative estimate of drug-likeness (QED) is 0.232. The number of hydrogen-bond acceptors (Lipinski definition) is 4. The molecule has 0 saturated heterocycles. The molecule has 0 N–H and O–H groups in total. The standard InChI is InChI=1S/C29H23BrF3NO4/c1-16(2)11-12-37-21-8-3-5-17(13-21)25-24-26(35)22-15-19(30)9-10-23(22)38-27(24)28(36)34(25)20-7-4-6-18(14-20)29(31,32)33/h3-10,13-16,25H,11-12H2,1-2H3. The lowest BCUT2D eigenvalue weighted by Gasteiger charge is -2.26. The maximum atomic E-state index is 13.8. The second-order valence-electron chi connectivity index (χ2n) is 9.54. The van der Waals surface area contributed by atoms with Gasteiger partial charge in [0.25, 0.3) is 5.91 Å². The molecule has 0 spiro atoms. The largest absolute Gasteiger partial charge is 0.494 e. The number of nitrogens with zero attached hydrogens (tertiary/aromatic N) is 1. The molecular weight excluding hydrogens is 563 g/mol. The molecule has 5 rings (SSSR count). The zero-order chi connectivity index (χ0) is 27.2. The molecule has 2 heterocycles. The molecule has 38 heavy (non-hydrogen) atoms. The Morgan fingerprint density at radius 1 is 1.03 bits per heavy atom. The van der Waals surface area contributed by atoms with Crippen LogP contribution in [0.15, 0.2) is 80.4 Å². The summed E-state index contributed by atoms with van der Waals surface area (Å²) in [6, 6.07) is 15.2. The van der Waals surface area contributed by atoms with Gasteiger partial charge < -0.3 is 9.15 Å². The predicted molar refractivity (Wildman–Crippen MR) is 142 cm³/mol. The topological polar surface area (TPSA) is 59.8 Å². The van der Waals surface area contributed by atoms with Gasteiger partial charge in [-0.1, -0.05) is 48.0 Å². The number of alkyl halides is 3. The maximum absolute atomic E-state index is 13.8. The average Bonchev–Trinajstić information content (AvgIpc) is 3.16. The van der Waals surface area contributed by atoms with Crippen molar-refractivity contribution in [1.29, 1.82) is 0 Å². The highest BCUT2D eigenvalue weighted by Gasteiger charge is 2.44. The Morgan fingerprint density at radius 2 is 1.79 bits per heavy atom. The Hall–Kier alpha value is -3.59. The molecule has 0 bridgehead atoms. The second kappa shape index (κ2) is 9.94. The van der Waals surface area contributed by atoms with Crippen molar-refractivity contribution < 1.29 is 27.1 Å². The molecule has 0 saturated carbocycles. The van der Waals surface area contributed by atoms with Gasteiger partial charge in [0.05, 0.1) is 29.2 Å². The summed E-state index contributed by atoms with van der Waals surface area (Å²) in [6.45, 7) is 4.63. The molecule has 1 aromatic heterocycles. The van der Waals surface area contributed by atoms with Crippen LogP contribution in [0.3, 0.4) is 0 Å². The first kappa shape index (κ1) is 26.0. The van der Waals surface area contributed by atoms with Crippen molar-refractivity contribution in [2.45, 2.75) is 32.5 Å². The van der Waals surface area contributed by atoms with E-state index in [4.69, 9.17) is 9.15 Å². The van der Waals surface area contributed by atoms with Crippen LogP contribution in [0.2, 0.25) is 0 Å². The van der Waals surface area contributed by atoms with E-state index in [1.807, 2.05) is 0 Å². The molecule has 1 amide bonds. The third kappa shape index (κ3) is 4.82. The summed E-state index contributed by atoms with van der Waals surface area (Å²) in [5, 5.41) is 0.256. The molecule has 196 valence electrons. The minimum atomic E-state index is -4.61. The number of carbonyl (C=O) groups is 1. The van der Waals surface area contributed by atoms with Gasteiger partial charge in [-0.25, -0.2) is 0 Å². The van der Waals surface area contributed by atoms with E-state index in [1.165, 1.54) is 17.0 Å². The van der Waals surface area contributed by atoms with Gasteiger partial charge in [0.2, 0.25) is 5.76 Å². The van der Waals surface area contributed by atoms with E-state index in [2.05, 4.69) is 29.8 Å². The Kier molecular flexibility index (Phi) is 6.81. The lowest BCUT2D eigenvalue weighted by molar-refractivity contribution is -0.137. The molecule has 5 nitrogen and oxygen atoms in total. The number of carbonyl (C=O) groups excluding carboxylic acids is 1. The number of ether oxygens (including phenoxy) is 1. The van der Waals surface area contributed by atoms with E-state index in [-0.39, 0.29) is 28.0 Å². The van der Waals surface area contributed by atoms with E-state index in [9.17, 15) is 22.8 Å². The lowest BCUT2D eigenvalue weighted by atomic mass is 9.98. The fourth-order valence-electron chi connectivity index (χ4n) is 4.55. The van der Waals surface area contributed by atoms with Crippen LogP contribution in [-0.2, 0) is 6.18 Å². The second-order valence-corrected chi connectivity index (χ2v) is 10.5. The first-order valence-corrected chi connectivity index (χ1v) is 12.8. The van der Waals surface area contributed by atoms with E-state index in [1.54, 1.807) is 42.5 Å². The Bertz CT molecular complexity index is 1600. The molecule has 0 radical (unpaired) electrons. The summed E-state index contributed by atoms with van der Waals surface area (Å²) in [7, 11) is 0. The van der Waals surface area contributed by atoms with Crippen molar-refractivity contribution in [2.24, 2.45) is 5.92 Å². The minimum Gasteiger partial charge on any atom is -0.494 e. The molecule has 0 fully saturated rings. The summed E-state index contributed by atoms with van der Waals surface area (Å²) in [4.78, 5) is 28.7. The lowest BCUT2D eigenvalue weighted by Crippen LogP contribution is -2.29. The van der Waals surface area contributed by atoms with Crippen LogP contribution in [0.4, 0.5) is 18.9 Å². The Labute approximate surface area is 225 Å². The minimum absolute atomic E-state index is 0.00279. The van der Waals surface area contributed by atoms with Crippen LogP contribution < -0.4 is 15.1 Å². The van der Waals surface area contributed by atoms with Crippen molar-refractivity contribution in [2.75, 3.05) is 11.5 Å². The summed E-state index contributed by atoms with van der Waals surface area (Å²) >= 11 is 3.36. The first-order valence-electron chi connectivity index (χ1n) is 12.0. The van der Waals surface area contributed by atoms with Crippen LogP contribution in [0.1, 0.15) is 53.6 Å². The SMILES string of the molecule is CC(C)CCOc1cccc(C2c3c(oc4ccc(Br)cc4c3=O)C(=O)N2c2cccc(C(F)(F)F)c2)c1. The molecule has 1 unspecified atom stereocenters. The number of fused-ring (bicyclic) bond motifs is 2. The highest BCUT2D eigenvalue weighted by molar-refractivity contribution is 9.10. The normalized spacial score (nSPS) is 15.4. The molecular formula is C29H23BrF3NO4. The molecule has 1 aliphatic heterocycles. The molecule has 0 aliphatic carbocycles. The van der Waals surface area contributed by atoms with Crippen LogP contribution in [0.5, 0.6) is 5.75 Å². The van der Waals surface area contributed by atoms with E-state index >= 15 is 0 Å². The summed E-state index contributed by atoms with van der Waals surface area (Å²) < 4.78 is 53.1. The third-order valence-electron chi connectivity index (χ3n) is 6.42. The monoisotopic (exact) mass is 585 g/mol. The number of halogens is 4. The summed E-state index contributed by atoms with van der Waals surface area (Å²) in [5.74, 6) is 0.0721. The van der Waals surface area contributed by atoms with Gasteiger partial charge in [-0.05, 0) is 66.4 Å². The first-order chi connectivity index (χ1) is 18.0. The number of anilines is 1. The van der Waals surface area contributed by atoms with Gasteiger partial charge in [0.15, 0.2) is 5.43 Å². The number of rotatable bonds is 6. The van der Waals surface area contributed by atoms with Gasteiger partial charge in [-0.3, -0.25) is 14.5 Å². The molecule has 1 atom stereocenters. The number of amides is 1. The fourth-order valence-corrected chi connectivity index (χ4v) is 4.91. The van der Waals surface area contributed by atoms with Crippen LogP contribution in [0, 0.1) is 5.92 Å². The fraction of sp³-hybridized carbons (Fsp3) is 0.241. The van der Waals surface area contributed by atoms with E-state index in [0.29, 0.717) is 28.3 Å². The molecule has 4 aromatic rings.